The molecule has 0 unspecified atom stereocenters. The molecule has 0 bridgehead atoms. The Hall–Kier alpha value is -0.770. The molecule has 0 aliphatic carbocycles. The lowest BCUT2D eigenvalue weighted by Crippen LogP contribution is -2.33. The number of ether oxygens (including phenoxy) is 1. The Kier molecular flexibility index (Phi) is 3.85. The van der Waals surface area contributed by atoms with Crippen molar-refractivity contribution < 1.29 is 20.1 Å². The van der Waals surface area contributed by atoms with E-state index in [-0.39, 0.29) is 15.6 Å². The summed E-state index contributed by atoms with van der Waals surface area (Å²) in [6.45, 7) is -0.418. The molecule has 1 fully saturated rings. The summed E-state index contributed by atoms with van der Waals surface area (Å²) in [5, 5.41) is 28.6. The zero-order valence-electron chi connectivity index (χ0n) is 9.10. The van der Waals surface area contributed by atoms with Crippen LogP contribution in [0.4, 0.5) is 5.82 Å². The van der Waals surface area contributed by atoms with Gasteiger partial charge in [-0.25, -0.2) is 4.98 Å². The first-order valence-corrected chi connectivity index (χ1v) is 5.91. The first-order valence-electron chi connectivity index (χ1n) is 5.12. The van der Waals surface area contributed by atoms with Crippen LogP contribution in [0.5, 0.6) is 0 Å². The number of aliphatic hydroxyl groups is 3. The smallest absolute Gasteiger partial charge is 0.203 e. The lowest BCUT2D eigenvalue weighted by Gasteiger charge is -2.18. The Morgan fingerprint density at radius 1 is 1.50 bits per heavy atom. The van der Waals surface area contributed by atoms with Gasteiger partial charge in [-0.1, -0.05) is 11.6 Å². The van der Waals surface area contributed by atoms with Gasteiger partial charge < -0.3 is 25.8 Å². The number of nitrogens with two attached hydrogens (primary N) is 1. The molecule has 7 nitrogen and oxygen atoms in total. The van der Waals surface area contributed by atoms with Crippen molar-refractivity contribution in [3.8, 4) is 0 Å². The van der Waals surface area contributed by atoms with Crippen LogP contribution in [0, 0.1) is 4.77 Å². The molecule has 1 aliphatic rings. The second kappa shape index (κ2) is 5.08. The third-order valence-electron chi connectivity index (χ3n) is 2.73. The van der Waals surface area contributed by atoms with Crippen molar-refractivity contribution in [3.05, 3.63) is 16.0 Å². The number of hydrogen-bond donors (Lipinski definition) is 4. The average Bonchev–Trinajstić information content (AvgIpc) is 2.61. The Labute approximate surface area is 112 Å². The van der Waals surface area contributed by atoms with Crippen molar-refractivity contribution in [2.45, 2.75) is 24.5 Å². The topological polar surface area (TPSA) is 114 Å². The summed E-state index contributed by atoms with van der Waals surface area (Å²) in [5.74, 6) is 0.0738. The van der Waals surface area contributed by atoms with Crippen molar-refractivity contribution in [2.75, 3.05) is 12.3 Å². The Bertz CT molecular complexity index is 511. The Morgan fingerprint density at radius 2 is 2.17 bits per heavy atom. The highest BCUT2D eigenvalue weighted by atomic mass is 35.5. The van der Waals surface area contributed by atoms with E-state index < -0.39 is 31.1 Å². The average molecular weight is 294 g/mol. The van der Waals surface area contributed by atoms with E-state index in [2.05, 4.69) is 4.98 Å². The summed E-state index contributed by atoms with van der Waals surface area (Å²) in [6, 6.07) is 0. The van der Waals surface area contributed by atoms with Gasteiger partial charge in [0.05, 0.1) is 11.6 Å². The summed E-state index contributed by atoms with van der Waals surface area (Å²) in [7, 11) is 0. The van der Waals surface area contributed by atoms with Crippen LogP contribution < -0.4 is 5.73 Å². The molecule has 5 N–H and O–H groups in total. The van der Waals surface area contributed by atoms with E-state index >= 15 is 0 Å². The van der Waals surface area contributed by atoms with Crippen molar-refractivity contribution in [3.63, 3.8) is 0 Å². The van der Waals surface area contributed by atoms with Crippen LogP contribution in [-0.4, -0.2) is 49.8 Å². The number of aliphatic hydroxyl groups excluding tert-OH is 3. The highest BCUT2D eigenvalue weighted by Gasteiger charge is 2.43. The van der Waals surface area contributed by atoms with E-state index in [0.29, 0.717) is 0 Å². The van der Waals surface area contributed by atoms with Crippen molar-refractivity contribution in [2.24, 2.45) is 0 Å². The monoisotopic (exact) mass is 293 g/mol. The number of nitrogens with zero attached hydrogens (tertiary/aromatic N) is 2. The number of rotatable bonds is 2. The van der Waals surface area contributed by atoms with Crippen molar-refractivity contribution >= 4 is 29.6 Å². The van der Waals surface area contributed by atoms with Gasteiger partial charge in [0.1, 0.15) is 24.1 Å². The molecule has 100 valence electrons. The molecule has 1 aromatic heterocycles. The molecular weight excluding hydrogens is 282 g/mol. The zero-order chi connectivity index (χ0) is 13.4. The third kappa shape index (κ3) is 2.22. The van der Waals surface area contributed by atoms with E-state index in [9.17, 15) is 10.2 Å². The van der Waals surface area contributed by atoms with Crippen molar-refractivity contribution in [1.82, 2.24) is 9.55 Å². The molecule has 0 spiro atoms. The molecule has 1 aliphatic heterocycles. The quantitative estimate of drug-likeness (QED) is 0.542. The highest BCUT2D eigenvalue weighted by Crippen LogP contribution is 2.30. The first kappa shape index (κ1) is 13.7. The van der Waals surface area contributed by atoms with Crippen LogP contribution in [0.1, 0.15) is 6.23 Å². The van der Waals surface area contributed by atoms with Gasteiger partial charge in [0, 0.05) is 6.20 Å². The zero-order valence-corrected chi connectivity index (χ0v) is 10.7. The summed E-state index contributed by atoms with van der Waals surface area (Å²) < 4.78 is 6.65. The molecular formula is C9H12ClN3O4S. The van der Waals surface area contributed by atoms with Gasteiger partial charge >= 0.3 is 0 Å². The van der Waals surface area contributed by atoms with Crippen molar-refractivity contribution in [1.29, 1.82) is 0 Å². The largest absolute Gasteiger partial charge is 0.394 e. The molecule has 9 heteroatoms. The van der Waals surface area contributed by atoms with Crippen LogP contribution in [0.2, 0.25) is 5.02 Å². The fourth-order valence-corrected chi connectivity index (χ4v) is 2.15. The molecule has 1 aromatic rings. The van der Waals surface area contributed by atoms with Crippen LogP contribution in [0.15, 0.2) is 6.20 Å². The fourth-order valence-electron chi connectivity index (χ4n) is 1.75. The van der Waals surface area contributed by atoms with Gasteiger partial charge in [-0.05, 0) is 12.2 Å². The summed E-state index contributed by atoms with van der Waals surface area (Å²) in [5.41, 5.74) is 5.49. The van der Waals surface area contributed by atoms with E-state index in [4.69, 9.17) is 39.4 Å². The predicted molar refractivity (Wildman–Crippen MR) is 65.5 cm³/mol. The minimum atomic E-state index is -1.24. The molecule has 1 saturated heterocycles. The predicted octanol–water partition coefficient (Wildman–Crippen LogP) is -0.540. The number of hydrogen-bond acceptors (Lipinski definition) is 7. The summed E-state index contributed by atoms with van der Waals surface area (Å²) in [4.78, 5) is 3.82. The maximum absolute atomic E-state index is 9.84. The van der Waals surface area contributed by atoms with Crippen LogP contribution in [0.25, 0.3) is 0 Å². The first-order chi connectivity index (χ1) is 8.45. The number of nitrogen functional groups attached to an aromatic ring is 1. The Balaban J connectivity index is 2.39. The SMILES string of the molecule is Nc1nc(=S)n([C@@H]2O[C@H](CO)[C@@H](O)[C@@H]2O)cc1Cl. The van der Waals surface area contributed by atoms with E-state index in [0.717, 1.165) is 0 Å². The lowest BCUT2D eigenvalue weighted by molar-refractivity contribution is -0.0540. The van der Waals surface area contributed by atoms with E-state index in [1.165, 1.54) is 10.8 Å². The van der Waals surface area contributed by atoms with Crippen LogP contribution in [0.3, 0.4) is 0 Å². The molecule has 2 heterocycles. The van der Waals surface area contributed by atoms with Gasteiger partial charge in [-0.3, -0.25) is 4.57 Å². The number of aromatic nitrogens is 2. The highest BCUT2D eigenvalue weighted by molar-refractivity contribution is 7.71. The molecule has 4 atom stereocenters. The normalized spacial score (nSPS) is 31.8. The Morgan fingerprint density at radius 3 is 2.72 bits per heavy atom. The minimum absolute atomic E-state index is 0.0618. The molecule has 0 amide bonds. The summed E-state index contributed by atoms with van der Waals surface area (Å²) >= 11 is 10.8. The molecule has 0 radical (unpaired) electrons. The molecule has 2 rings (SSSR count). The van der Waals surface area contributed by atoms with Crippen LogP contribution in [-0.2, 0) is 4.74 Å². The molecule has 0 saturated carbocycles. The second-order valence-electron chi connectivity index (χ2n) is 3.89. The van der Waals surface area contributed by atoms with E-state index in [1.807, 2.05) is 0 Å². The molecule has 18 heavy (non-hydrogen) atoms. The minimum Gasteiger partial charge on any atom is -0.394 e. The maximum atomic E-state index is 9.84. The van der Waals surface area contributed by atoms with Gasteiger partial charge in [0.2, 0.25) is 4.77 Å². The third-order valence-corrected chi connectivity index (χ3v) is 3.32. The second-order valence-corrected chi connectivity index (χ2v) is 4.67. The maximum Gasteiger partial charge on any atom is 0.203 e. The van der Waals surface area contributed by atoms with Crippen LogP contribution >= 0.6 is 23.8 Å². The van der Waals surface area contributed by atoms with Gasteiger partial charge in [-0.15, -0.1) is 0 Å². The summed E-state index contributed by atoms with van der Waals surface area (Å²) in [6.07, 6.45) is -2.93. The van der Waals surface area contributed by atoms with Gasteiger partial charge in [0.25, 0.3) is 0 Å². The number of anilines is 1. The lowest BCUT2D eigenvalue weighted by atomic mass is 10.1. The van der Waals surface area contributed by atoms with Gasteiger partial charge in [0.15, 0.2) is 6.23 Å². The molecule has 0 aromatic carbocycles. The van der Waals surface area contributed by atoms with E-state index in [1.54, 1.807) is 0 Å². The number of halogens is 1. The standard InChI is InChI=1S/C9H12ClN3O4S/c10-3-1-13(9(18)12-7(3)11)8-6(16)5(15)4(2-14)17-8/h1,4-6,8,14-16H,2H2,(H2,11,12,18)/t4-,5-,6+,8-/m1/s1. The fraction of sp³-hybridized carbons (Fsp3) is 0.556. The van der Waals surface area contributed by atoms with Gasteiger partial charge in [-0.2, -0.15) is 0 Å².